The molecule has 2 heterocycles. The first-order valence-corrected chi connectivity index (χ1v) is 7.23. The third kappa shape index (κ3) is 3.16. The van der Waals surface area contributed by atoms with Crippen molar-refractivity contribution in [1.29, 1.82) is 0 Å². The van der Waals surface area contributed by atoms with E-state index in [0.717, 1.165) is 12.2 Å². The van der Waals surface area contributed by atoms with E-state index in [1.54, 1.807) is 0 Å². The Morgan fingerprint density at radius 1 is 1.37 bits per heavy atom. The number of rotatable bonds is 5. The third-order valence-corrected chi connectivity index (χ3v) is 4.53. The zero-order valence-corrected chi connectivity index (χ0v) is 12.4. The first kappa shape index (κ1) is 14.5. The Kier molecular flexibility index (Phi) is 4.60. The van der Waals surface area contributed by atoms with Crippen molar-refractivity contribution < 1.29 is 0 Å². The van der Waals surface area contributed by atoms with Gasteiger partial charge in [-0.3, -0.25) is 16.2 Å². The van der Waals surface area contributed by atoms with Crippen molar-refractivity contribution in [2.75, 3.05) is 13.1 Å². The minimum absolute atomic E-state index is 0.0428. The summed E-state index contributed by atoms with van der Waals surface area (Å²) in [5.74, 6) is 6.90. The highest BCUT2D eigenvalue weighted by atomic mass is 15.3. The lowest BCUT2D eigenvalue weighted by Crippen LogP contribution is -2.61. The Morgan fingerprint density at radius 3 is 2.58 bits per heavy atom. The van der Waals surface area contributed by atoms with E-state index in [1.165, 1.54) is 32.4 Å². The number of aryl methyl sites for hydroxylation is 1. The van der Waals surface area contributed by atoms with Gasteiger partial charge in [0.25, 0.3) is 0 Å². The Balaban J connectivity index is 2.08. The van der Waals surface area contributed by atoms with Crippen LogP contribution in [0.4, 0.5) is 0 Å². The molecule has 5 heteroatoms. The number of hydrogen-bond donors (Lipinski definition) is 2. The number of nitrogens with two attached hydrogens (primary N) is 1. The molecular weight excluding hydrogens is 238 g/mol. The van der Waals surface area contributed by atoms with Gasteiger partial charge in [-0.25, -0.2) is 4.98 Å². The van der Waals surface area contributed by atoms with Crippen LogP contribution in [0.1, 0.15) is 38.9 Å². The van der Waals surface area contributed by atoms with Crippen LogP contribution in [0, 0.1) is 0 Å². The van der Waals surface area contributed by atoms with Gasteiger partial charge in [-0.15, -0.1) is 0 Å². The second-order valence-corrected chi connectivity index (χ2v) is 6.08. The molecule has 1 aromatic rings. The molecule has 0 aliphatic carbocycles. The van der Waals surface area contributed by atoms with Gasteiger partial charge in [-0.2, -0.15) is 0 Å². The van der Waals surface area contributed by atoms with Crippen molar-refractivity contribution >= 4 is 0 Å². The number of hydrazine groups is 1. The summed E-state index contributed by atoms with van der Waals surface area (Å²) in [6, 6.07) is 0.201. The second-order valence-electron chi connectivity index (χ2n) is 6.08. The third-order valence-electron chi connectivity index (χ3n) is 4.53. The van der Waals surface area contributed by atoms with E-state index < -0.39 is 0 Å². The van der Waals surface area contributed by atoms with Crippen LogP contribution in [-0.4, -0.2) is 39.1 Å². The summed E-state index contributed by atoms with van der Waals surface area (Å²) >= 11 is 0. The van der Waals surface area contributed by atoms with Crippen molar-refractivity contribution in [3.8, 4) is 0 Å². The molecule has 0 spiro atoms. The first-order chi connectivity index (χ1) is 9.05. The smallest absolute Gasteiger partial charge is 0.110 e. The van der Waals surface area contributed by atoms with Crippen LogP contribution < -0.4 is 11.3 Å². The predicted molar refractivity (Wildman–Crippen MR) is 77.5 cm³/mol. The number of nitrogens with zero attached hydrogens (tertiary/aromatic N) is 3. The summed E-state index contributed by atoms with van der Waals surface area (Å²) in [4.78, 5) is 6.97. The summed E-state index contributed by atoms with van der Waals surface area (Å²) in [7, 11) is 2.03. The van der Waals surface area contributed by atoms with E-state index in [1.807, 2.05) is 19.4 Å². The van der Waals surface area contributed by atoms with E-state index in [0.29, 0.717) is 0 Å². The highest BCUT2D eigenvalue weighted by Gasteiger charge is 2.36. The van der Waals surface area contributed by atoms with Gasteiger partial charge in [0, 0.05) is 37.4 Å². The largest absolute Gasteiger partial charge is 0.338 e. The molecule has 1 aliphatic heterocycles. The number of imidazole rings is 1. The minimum Gasteiger partial charge on any atom is -0.338 e. The van der Waals surface area contributed by atoms with Crippen molar-refractivity contribution in [2.24, 2.45) is 12.9 Å². The van der Waals surface area contributed by atoms with Gasteiger partial charge in [0.15, 0.2) is 0 Å². The van der Waals surface area contributed by atoms with Gasteiger partial charge in [0.05, 0.1) is 0 Å². The van der Waals surface area contributed by atoms with Crippen LogP contribution >= 0.6 is 0 Å². The lowest BCUT2D eigenvalue weighted by atomic mass is 9.88. The van der Waals surface area contributed by atoms with Crippen LogP contribution in [0.2, 0.25) is 0 Å². The molecular formula is C14H27N5. The van der Waals surface area contributed by atoms with Crippen LogP contribution in [0.5, 0.6) is 0 Å². The van der Waals surface area contributed by atoms with Gasteiger partial charge in [0.2, 0.25) is 0 Å². The average Bonchev–Trinajstić information content (AvgIpc) is 2.82. The van der Waals surface area contributed by atoms with E-state index in [-0.39, 0.29) is 11.6 Å². The Labute approximate surface area is 116 Å². The maximum Gasteiger partial charge on any atom is 0.110 e. The topological polar surface area (TPSA) is 59.1 Å². The van der Waals surface area contributed by atoms with Gasteiger partial charge in [-0.1, -0.05) is 6.42 Å². The Morgan fingerprint density at radius 2 is 2.05 bits per heavy atom. The van der Waals surface area contributed by atoms with Gasteiger partial charge < -0.3 is 4.57 Å². The molecule has 1 unspecified atom stereocenters. The molecule has 0 amide bonds. The van der Waals surface area contributed by atoms with Crippen molar-refractivity contribution in [3.05, 3.63) is 18.2 Å². The molecule has 0 radical (unpaired) electrons. The van der Waals surface area contributed by atoms with E-state index in [2.05, 4.69) is 33.7 Å². The van der Waals surface area contributed by atoms with E-state index in [9.17, 15) is 0 Å². The van der Waals surface area contributed by atoms with E-state index in [4.69, 9.17) is 5.84 Å². The summed E-state index contributed by atoms with van der Waals surface area (Å²) < 4.78 is 2.07. The van der Waals surface area contributed by atoms with Crippen molar-refractivity contribution in [2.45, 2.75) is 51.1 Å². The van der Waals surface area contributed by atoms with Crippen LogP contribution in [0.3, 0.4) is 0 Å². The monoisotopic (exact) mass is 265 g/mol. The fourth-order valence-electron chi connectivity index (χ4n) is 2.98. The zero-order chi connectivity index (χ0) is 13.9. The molecule has 3 N–H and O–H groups in total. The molecule has 2 rings (SSSR count). The van der Waals surface area contributed by atoms with E-state index >= 15 is 0 Å². The molecule has 0 bridgehead atoms. The zero-order valence-electron chi connectivity index (χ0n) is 12.4. The highest BCUT2D eigenvalue weighted by Crippen LogP contribution is 2.25. The van der Waals surface area contributed by atoms with Crippen LogP contribution in [0.15, 0.2) is 12.4 Å². The first-order valence-electron chi connectivity index (χ1n) is 7.23. The standard InChI is InChI=1S/C14H27N5/c1-14(2,19-8-5-4-6-9-19)12(17-15)11-13-16-7-10-18(13)3/h7,10,12,17H,4-6,8-9,11,15H2,1-3H3. The number of nitrogens with one attached hydrogen (secondary N) is 1. The normalized spacial score (nSPS) is 19.6. The summed E-state index contributed by atoms with van der Waals surface area (Å²) in [6.45, 7) is 6.91. The second kappa shape index (κ2) is 6.03. The quantitative estimate of drug-likeness (QED) is 0.617. The molecule has 0 aromatic carbocycles. The van der Waals surface area contributed by atoms with Crippen LogP contribution in [-0.2, 0) is 13.5 Å². The molecule has 108 valence electrons. The maximum atomic E-state index is 5.82. The number of piperidine rings is 1. The number of likely N-dealkylation sites (tertiary alicyclic amines) is 1. The molecule has 1 saturated heterocycles. The summed E-state index contributed by atoms with van der Waals surface area (Å²) in [5.41, 5.74) is 3.05. The Hall–Kier alpha value is -0.910. The van der Waals surface area contributed by atoms with Crippen molar-refractivity contribution in [3.63, 3.8) is 0 Å². The van der Waals surface area contributed by atoms with Gasteiger partial charge in [0.1, 0.15) is 5.82 Å². The molecule has 1 fully saturated rings. The average molecular weight is 265 g/mol. The van der Waals surface area contributed by atoms with Crippen molar-refractivity contribution in [1.82, 2.24) is 19.9 Å². The SMILES string of the molecule is Cn1ccnc1CC(NN)C(C)(C)N1CCCCC1. The molecule has 1 aromatic heterocycles. The Bertz CT molecular complexity index is 392. The molecule has 0 saturated carbocycles. The lowest BCUT2D eigenvalue weighted by molar-refractivity contribution is 0.0603. The predicted octanol–water partition coefficient (Wildman–Crippen LogP) is 1.06. The minimum atomic E-state index is 0.0428. The fourth-order valence-corrected chi connectivity index (χ4v) is 2.98. The molecule has 1 aliphatic rings. The maximum absolute atomic E-state index is 5.82. The van der Waals surface area contributed by atoms with Gasteiger partial charge >= 0.3 is 0 Å². The summed E-state index contributed by atoms with van der Waals surface area (Å²) in [6.07, 6.45) is 8.62. The number of aromatic nitrogens is 2. The van der Waals surface area contributed by atoms with Gasteiger partial charge in [-0.05, 0) is 39.8 Å². The molecule has 5 nitrogen and oxygen atoms in total. The van der Waals surface area contributed by atoms with Crippen LogP contribution in [0.25, 0.3) is 0 Å². The molecule has 19 heavy (non-hydrogen) atoms. The molecule has 1 atom stereocenters. The fraction of sp³-hybridized carbons (Fsp3) is 0.786. The lowest BCUT2D eigenvalue weighted by Gasteiger charge is -2.45. The highest BCUT2D eigenvalue weighted by molar-refractivity contribution is 5.02. The number of hydrogen-bond acceptors (Lipinski definition) is 4. The summed E-state index contributed by atoms with van der Waals surface area (Å²) in [5, 5.41) is 0.